The molecule has 6 aromatic carbocycles. The Hall–Kier alpha value is -9.49. The second-order valence-corrected chi connectivity index (χ2v) is 23.4. The summed E-state index contributed by atoms with van der Waals surface area (Å²) < 4.78 is 83.2. The lowest BCUT2D eigenvalue weighted by Crippen LogP contribution is -2.50. The smallest absolute Gasteiger partial charge is 0.333 e. The number of ketones is 3. The van der Waals surface area contributed by atoms with Crippen molar-refractivity contribution in [1.82, 2.24) is 0 Å². The number of thiophene rings is 3. The van der Waals surface area contributed by atoms with Gasteiger partial charge in [-0.3, -0.25) is 33.6 Å². The van der Waals surface area contributed by atoms with Gasteiger partial charge >= 0.3 is 23.9 Å². The second kappa shape index (κ2) is 21.0. The summed E-state index contributed by atoms with van der Waals surface area (Å²) in [5.74, 6) is -12.2. The summed E-state index contributed by atoms with van der Waals surface area (Å²) in [4.78, 5) is 107. The molecule has 13 rings (SSSR count). The third kappa shape index (κ3) is 8.69. The highest BCUT2D eigenvalue weighted by atomic mass is 32.1. The van der Waals surface area contributed by atoms with Gasteiger partial charge in [-0.1, -0.05) is 121 Å². The predicted octanol–water partition coefficient (Wildman–Crippen LogP) is 13.2. The number of hydrogen-bond acceptors (Lipinski definition) is 14. The average molecular weight is 1180 g/mol. The first-order chi connectivity index (χ1) is 40.7. The fraction of sp³-hybridized carbons (Fsp3) is 0.106. The number of Topliss-reactive ketones (excluding diaryl/α,β-unsaturated/α-hetero) is 3. The quantitative estimate of drug-likeness (QED) is 0.0255. The van der Waals surface area contributed by atoms with E-state index in [1.54, 1.807) is 121 Å². The number of halogens is 4. The third-order valence-corrected chi connectivity index (χ3v) is 18.8. The summed E-state index contributed by atoms with van der Waals surface area (Å²) in [7, 11) is 0. The molecule has 414 valence electrons. The maximum atomic E-state index is 16.1. The van der Waals surface area contributed by atoms with Crippen molar-refractivity contribution in [3.8, 4) is 19.5 Å². The molecule has 0 atom stereocenters. The zero-order valence-corrected chi connectivity index (χ0v) is 45.9. The first-order valence-corrected chi connectivity index (χ1v) is 28.5. The second-order valence-electron chi connectivity index (χ2n) is 20.2. The molecule has 4 aliphatic carbocycles. The van der Waals surface area contributed by atoms with Gasteiger partial charge in [0.2, 0.25) is 10.8 Å². The lowest BCUT2D eigenvalue weighted by Gasteiger charge is -2.32. The van der Waals surface area contributed by atoms with Gasteiger partial charge in [0.15, 0.2) is 40.6 Å². The van der Waals surface area contributed by atoms with E-state index in [1.165, 1.54) is 24.3 Å². The summed E-state index contributed by atoms with van der Waals surface area (Å²) in [6.45, 7) is -1.53. The molecule has 0 bridgehead atoms. The summed E-state index contributed by atoms with van der Waals surface area (Å²) in [6, 6.07) is 40.4. The molecule has 0 N–H and O–H groups in total. The van der Waals surface area contributed by atoms with Crippen molar-refractivity contribution in [3.63, 3.8) is 0 Å². The van der Waals surface area contributed by atoms with E-state index in [9.17, 15) is 31.9 Å². The van der Waals surface area contributed by atoms with Crippen LogP contribution in [-0.4, -0.2) is 41.2 Å². The van der Waals surface area contributed by atoms with Gasteiger partial charge in [0.1, 0.15) is 26.4 Å². The molecule has 3 aromatic heterocycles. The first-order valence-electron chi connectivity index (χ1n) is 26.0. The molecule has 0 fully saturated rings. The van der Waals surface area contributed by atoms with Crippen molar-refractivity contribution in [2.24, 2.45) is 0 Å². The van der Waals surface area contributed by atoms with Crippen LogP contribution in [0.1, 0.15) is 90.9 Å². The van der Waals surface area contributed by atoms with Crippen LogP contribution in [0.25, 0.3) is 31.7 Å². The summed E-state index contributed by atoms with van der Waals surface area (Å²) in [6.07, 6.45) is 2.63. The van der Waals surface area contributed by atoms with Crippen LogP contribution in [0.2, 0.25) is 0 Å². The number of hydrogen-bond donors (Lipinski definition) is 0. The zero-order valence-electron chi connectivity index (χ0n) is 43.4. The highest BCUT2D eigenvalue weighted by Crippen LogP contribution is 2.68. The molecule has 0 amide bonds. The Morgan fingerprint density at radius 2 is 0.762 bits per heavy atom. The molecule has 0 radical (unpaired) electrons. The fourth-order valence-electron chi connectivity index (χ4n) is 11.2. The van der Waals surface area contributed by atoms with Crippen LogP contribution < -0.4 is 0 Å². The number of benzene rings is 6. The Balaban J connectivity index is 1.06. The number of fused-ring (bicyclic) bond motifs is 9. The summed E-state index contributed by atoms with van der Waals surface area (Å²) in [5.41, 5.74) is -4.56. The van der Waals surface area contributed by atoms with Crippen LogP contribution in [0, 0.1) is 23.3 Å². The molecule has 9 aromatic rings. The van der Waals surface area contributed by atoms with Crippen LogP contribution >= 0.6 is 34.0 Å². The molecule has 18 heteroatoms. The number of ether oxygens (including phenoxy) is 4. The molecule has 0 saturated heterocycles. The molecule has 11 nitrogen and oxygen atoms in total. The molecule has 3 heterocycles. The van der Waals surface area contributed by atoms with Gasteiger partial charge in [0.25, 0.3) is 0 Å². The molecular weight excluding hydrogens is 1140 g/mol. The summed E-state index contributed by atoms with van der Waals surface area (Å²) in [5, 5.41) is 0. The lowest BCUT2D eigenvalue weighted by molar-refractivity contribution is -0.167. The Morgan fingerprint density at radius 3 is 1.14 bits per heavy atom. The highest BCUT2D eigenvalue weighted by Gasteiger charge is 2.69. The number of carbonyl (C=O) groups excluding carboxylic acids is 7. The van der Waals surface area contributed by atoms with Crippen LogP contribution in [0.15, 0.2) is 169 Å². The molecule has 0 spiro atoms. The van der Waals surface area contributed by atoms with E-state index >= 15 is 19.2 Å². The van der Waals surface area contributed by atoms with E-state index in [-0.39, 0.29) is 94.1 Å². The Bertz CT molecular complexity index is 4220. The van der Waals surface area contributed by atoms with Gasteiger partial charge in [-0.15, -0.1) is 34.0 Å². The van der Waals surface area contributed by atoms with E-state index in [0.29, 0.717) is 39.3 Å². The van der Waals surface area contributed by atoms with E-state index in [1.807, 2.05) is 0 Å². The Kier molecular flexibility index (Phi) is 13.5. The SMILES string of the molecule is O=C1/C(=C\c2cc3c(s2)-c2sc4c(c2C3(C(=O)OCc2ccccc2)C(=O)OCc2ccccc2)C(C(=O)OCc2ccccc2)(C(=O)OCc2ccccc2)c2cc(C=C3C(=O)c5cc(F)c(F)cc5C3=O)sc2-4)Cc2cc(F)c(F)cc21. The van der Waals surface area contributed by atoms with E-state index in [0.717, 1.165) is 46.1 Å². The van der Waals surface area contributed by atoms with Crippen molar-refractivity contribution in [2.75, 3.05) is 0 Å². The van der Waals surface area contributed by atoms with Crippen LogP contribution in [0.4, 0.5) is 17.6 Å². The number of allylic oxidation sites excluding steroid dienone is 2. The molecule has 4 aliphatic rings. The van der Waals surface area contributed by atoms with Gasteiger partial charge < -0.3 is 18.9 Å². The number of carbonyl (C=O) groups is 7. The summed E-state index contributed by atoms with van der Waals surface area (Å²) >= 11 is 2.99. The largest absolute Gasteiger partial charge is 0.459 e. The van der Waals surface area contributed by atoms with E-state index < -0.39 is 94.1 Å². The minimum atomic E-state index is -2.74. The highest BCUT2D eigenvalue weighted by molar-refractivity contribution is 7.28. The molecule has 0 saturated carbocycles. The standard InChI is InChI=1S/C66H38F4O11S3/c67-48-23-38-21-39(54(71)42(38)27-49(48)68)22-40-25-46-57(82-40)59-52(65(46,61(74)78-30-34-13-5-1-6-14-34)62(75)79-31-35-15-7-2-8-16-35)53-60(84-59)58-47(26-41(83-58)24-45-55(72)43-28-50(69)51(70)29-44(43)56(45)73)66(53,63(76)80-32-36-17-9-3-10-18-36)64(77)81-33-37-19-11-4-12-20-37/h1-20,22-29H,21,30-33H2/b39-22-. The maximum absolute atomic E-state index is 16.1. The first kappa shape index (κ1) is 53.8. The van der Waals surface area contributed by atoms with Crippen LogP contribution in [0.5, 0.6) is 0 Å². The molecule has 0 aliphatic heterocycles. The van der Waals surface area contributed by atoms with E-state index in [4.69, 9.17) is 18.9 Å². The van der Waals surface area contributed by atoms with Crippen molar-refractivity contribution in [3.05, 3.63) is 269 Å². The van der Waals surface area contributed by atoms with Gasteiger partial charge in [0, 0.05) is 60.7 Å². The van der Waals surface area contributed by atoms with Gasteiger partial charge in [-0.2, -0.15) is 0 Å². The van der Waals surface area contributed by atoms with Gasteiger partial charge in [0.05, 0.1) is 25.1 Å². The minimum Gasteiger partial charge on any atom is -0.459 e. The van der Waals surface area contributed by atoms with Crippen molar-refractivity contribution >= 4 is 87.4 Å². The third-order valence-electron chi connectivity index (χ3n) is 15.2. The van der Waals surface area contributed by atoms with Crippen molar-refractivity contribution < 1.29 is 70.1 Å². The lowest BCUT2D eigenvalue weighted by atomic mass is 9.70. The average Bonchev–Trinajstić information content (AvgIpc) is 1.51. The monoisotopic (exact) mass is 1180 g/mol. The molecule has 0 unspecified atom stereocenters. The molecular formula is C66H38F4O11S3. The fourth-order valence-corrected chi connectivity index (χ4v) is 15.3. The van der Waals surface area contributed by atoms with Crippen LogP contribution in [-0.2, 0) is 81.8 Å². The number of esters is 4. The van der Waals surface area contributed by atoms with Gasteiger partial charge in [-0.05, 0) is 76.4 Å². The Morgan fingerprint density at radius 1 is 0.417 bits per heavy atom. The zero-order chi connectivity index (χ0) is 58.2. The topological polar surface area (TPSA) is 156 Å². The number of rotatable bonds is 14. The Labute approximate surface area is 486 Å². The predicted molar refractivity (Wildman–Crippen MR) is 303 cm³/mol. The maximum Gasteiger partial charge on any atom is 0.333 e. The van der Waals surface area contributed by atoms with Gasteiger partial charge in [-0.25, -0.2) is 17.6 Å². The van der Waals surface area contributed by atoms with Crippen molar-refractivity contribution in [2.45, 2.75) is 43.7 Å². The normalized spacial score (nSPS) is 15.0. The minimum absolute atomic E-state index is 0.00940. The van der Waals surface area contributed by atoms with Crippen LogP contribution in [0.3, 0.4) is 0 Å². The van der Waals surface area contributed by atoms with E-state index in [2.05, 4.69) is 0 Å². The van der Waals surface area contributed by atoms with Crippen molar-refractivity contribution in [1.29, 1.82) is 0 Å². The molecule has 84 heavy (non-hydrogen) atoms.